The van der Waals surface area contributed by atoms with E-state index in [-0.39, 0.29) is 11.9 Å². The number of nitrogens with zero attached hydrogens (tertiary/aromatic N) is 3. The Kier molecular flexibility index (Phi) is 6.09. The highest BCUT2D eigenvalue weighted by Crippen LogP contribution is 2.17. The molecule has 1 fully saturated rings. The normalized spacial score (nSPS) is 14.6. The van der Waals surface area contributed by atoms with E-state index < -0.39 is 11.8 Å². The summed E-state index contributed by atoms with van der Waals surface area (Å²) in [6.45, 7) is 4.62. The van der Waals surface area contributed by atoms with Crippen LogP contribution in [0.3, 0.4) is 0 Å². The summed E-state index contributed by atoms with van der Waals surface area (Å²) < 4.78 is 23.6. The number of rotatable bonds is 4. The molecule has 9 nitrogen and oxygen atoms in total. The van der Waals surface area contributed by atoms with Gasteiger partial charge in [0.05, 0.1) is 7.11 Å². The smallest absolute Gasteiger partial charge is 0.409 e. The lowest BCUT2D eigenvalue weighted by atomic mass is 10.1. The third-order valence-corrected chi connectivity index (χ3v) is 4.30. The third-order valence-electron chi connectivity index (χ3n) is 4.30. The van der Waals surface area contributed by atoms with E-state index in [1.54, 1.807) is 24.0 Å². The molecule has 2 aromatic rings. The maximum atomic E-state index is 14.0. The Morgan fingerprint density at radius 2 is 1.93 bits per heavy atom. The Morgan fingerprint density at radius 1 is 1.18 bits per heavy atom. The fraction of sp³-hybridized carbons (Fsp3) is 0.389. The molecule has 0 spiro atoms. The Hall–Kier alpha value is -3.14. The van der Waals surface area contributed by atoms with Crippen LogP contribution in [0, 0.1) is 12.7 Å². The van der Waals surface area contributed by atoms with E-state index >= 15 is 0 Å². The largest absolute Gasteiger partial charge is 0.453 e. The zero-order valence-corrected chi connectivity index (χ0v) is 15.7. The van der Waals surface area contributed by atoms with E-state index in [9.17, 15) is 14.0 Å². The minimum Gasteiger partial charge on any atom is -0.453 e. The first-order chi connectivity index (χ1) is 13.4. The van der Waals surface area contributed by atoms with Crippen molar-refractivity contribution in [3.8, 4) is 0 Å². The molecule has 28 heavy (non-hydrogen) atoms. The molecule has 1 saturated heterocycles. The molecule has 0 radical (unpaired) electrons. The number of methoxy groups -OCH3 is 1. The second kappa shape index (κ2) is 8.70. The fourth-order valence-corrected chi connectivity index (χ4v) is 2.99. The molecule has 0 bridgehead atoms. The lowest BCUT2D eigenvalue weighted by Crippen LogP contribution is -2.48. The van der Waals surface area contributed by atoms with E-state index in [0.29, 0.717) is 44.2 Å². The SMILES string of the molecule is COC(=O)N1CCN(Cc2cc(F)cc(NC(=O)Nc3cc(C)on3)c2)CC1. The Morgan fingerprint density at radius 3 is 2.57 bits per heavy atom. The van der Waals surface area contributed by atoms with Crippen molar-refractivity contribution in [2.24, 2.45) is 0 Å². The molecular formula is C18H22FN5O4. The maximum absolute atomic E-state index is 14.0. The first-order valence-electron chi connectivity index (χ1n) is 8.79. The van der Waals surface area contributed by atoms with E-state index in [1.165, 1.54) is 19.2 Å². The average Bonchev–Trinajstić information content (AvgIpc) is 3.05. The van der Waals surface area contributed by atoms with Gasteiger partial charge in [-0.15, -0.1) is 0 Å². The van der Waals surface area contributed by atoms with Gasteiger partial charge in [0.15, 0.2) is 5.82 Å². The topological polar surface area (TPSA) is 99.9 Å². The van der Waals surface area contributed by atoms with Crippen molar-refractivity contribution in [3.05, 3.63) is 41.4 Å². The first kappa shape index (κ1) is 19.6. The van der Waals surface area contributed by atoms with Gasteiger partial charge in [0.25, 0.3) is 0 Å². The number of anilines is 2. The second-order valence-corrected chi connectivity index (χ2v) is 6.48. The molecule has 3 rings (SSSR count). The summed E-state index contributed by atoms with van der Waals surface area (Å²) in [7, 11) is 1.36. The maximum Gasteiger partial charge on any atom is 0.409 e. The van der Waals surface area contributed by atoms with Crippen LogP contribution in [0.1, 0.15) is 11.3 Å². The lowest BCUT2D eigenvalue weighted by Gasteiger charge is -2.33. The van der Waals surface area contributed by atoms with Gasteiger partial charge in [-0.2, -0.15) is 0 Å². The van der Waals surface area contributed by atoms with Crippen molar-refractivity contribution in [3.63, 3.8) is 0 Å². The molecule has 1 aliphatic rings. The highest BCUT2D eigenvalue weighted by atomic mass is 19.1. The molecule has 1 aliphatic heterocycles. The van der Waals surface area contributed by atoms with Crippen molar-refractivity contribution < 1.29 is 23.2 Å². The lowest BCUT2D eigenvalue weighted by molar-refractivity contribution is 0.0889. The summed E-state index contributed by atoms with van der Waals surface area (Å²) in [4.78, 5) is 27.3. The van der Waals surface area contributed by atoms with Crippen LogP contribution in [0.2, 0.25) is 0 Å². The molecule has 2 N–H and O–H groups in total. The monoisotopic (exact) mass is 391 g/mol. The zero-order chi connectivity index (χ0) is 20.1. The van der Waals surface area contributed by atoms with Gasteiger partial charge in [0, 0.05) is 44.5 Å². The standard InChI is InChI=1S/C18H22FN5O4/c1-12-7-16(22-28-12)21-17(25)20-15-9-13(8-14(19)10-15)11-23-3-5-24(6-4-23)18(26)27-2/h7-10H,3-6,11H2,1-2H3,(H2,20,21,22,25). The second-order valence-electron chi connectivity index (χ2n) is 6.48. The minimum absolute atomic E-state index is 0.273. The summed E-state index contributed by atoms with van der Waals surface area (Å²) in [5.41, 5.74) is 1.06. The molecule has 0 unspecified atom stereocenters. The number of aryl methyl sites for hydroxylation is 1. The van der Waals surface area contributed by atoms with Crippen LogP contribution in [-0.2, 0) is 11.3 Å². The summed E-state index contributed by atoms with van der Waals surface area (Å²) in [6.07, 6.45) is -0.342. The first-order valence-corrected chi connectivity index (χ1v) is 8.79. The van der Waals surface area contributed by atoms with E-state index in [4.69, 9.17) is 9.26 Å². The molecule has 3 amide bonds. The number of amides is 3. The van der Waals surface area contributed by atoms with Gasteiger partial charge in [-0.3, -0.25) is 10.2 Å². The van der Waals surface area contributed by atoms with Gasteiger partial charge in [-0.25, -0.2) is 14.0 Å². The number of carbonyl (C=O) groups excluding carboxylic acids is 2. The van der Waals surface area contributed by atoms with Crippen LogP contribution in [-0.4, -0.2) is 60.4 Å². The van der Waals surface area contributed by atoms with Crippen molar-refractivity contribution >= 4 is 23.6 Å². The highest BCUT2D eigenvalue weighted by molar-refractivity contribution is 5.99. The highest BCUT2D eigenvalue weighted by Gasteiger charge is 2.21. The van der Waals surface area contributed by atoms with Gasteiger partial charge < -0.3 is 19.5 Å². The third kappa shape index (κ3) is 5.19. The van der Waals surface area contributed by atoms with Crippen LogP contribution in [0.5, 0.6) is 0 Å². The van der Waals surface area contributed by atoms with Gasteiger partial charge in [-0.1, -0.05) is 5.16 Å². The Balaban J connectivity index is 1.57. The summed E-state index contributed by atoms with van der Waals surface area (Å²) in [5.74, 6) is 0.393. The van der Waals surface area contributed by atoms with Crippen LogP contribution < -0.4 is 10.6 Å². The van der Waals surface area contributed by atoms with Crippen molar-refractivity contribution in [1.29, 1.82) is 0 Å². The number of carbonyl (C=O) groups is 2. The number of ether oxygens (including phenoxy) is 1. The Labute approximate surface area is 161 Å². The molecule has 1 aromatic heterocycles. The number of benzene rings is 1. The Bertz CT molecular complexity index is 848. The molecule has 0 atom stereocenters. The van der Waals surface area contributed by atoms with E-state index in [2.05, 4.69) is 20.7 Å². The quantitative estimate of drug-likeness (QED) is 0.831. The van der Waals surface area contributed by atoms with Gasteiger partial charge in [0.1, 0.15) is 11.6 Å². The predicted molar refractivity (Wildman–Crippen MR) is 99.5 cm³/mol. The van der Waals surface area contributed by atoms with Crippen LogP contribution in [0.4, 0.5) is 25.5 Å². The van der Waals surface area contributed by atoms with Crippen molar-refractivity contribution in [1.82, 2.24) is 15.0 Å². The molecular weight excluding hydrogens is 369 g/mol. The number of nitrogens with one attached hydrogen (secondary N) is 2. The zero-order valence-electron chi connectivity index (χ0n) is 15.7. The number of urea groups is 1. The number of halogens is 1. The molecule has 2 heterocycles. The summed E-state index contributed by atoms with van der Waals surface area (Å²) in [5, 5.41) is 8.77. The predicted octanol–water partition coefficient (Wildman–Crippen LogP) is 2.65. The molecule has 0 aliphatic carbocycles. The van der Waals surface area contributed by atoms with E-state index in [0.717, 1.165) is 5.56 Å². The molecule has 0 saturated carbocycles. The molecule has 1 aromatic carbocycles. The molecule has 10 heteroatoms. The average molecular weight is 391 g/mol. The van der Waals surface area contributed by atoms with Crippen LogP contribution in [0.15, 0.2) is 28.8 Å². The van der Waals surface area contributed by atoms with Gasteiger partial charge in [0.2, 0.25) is 0 Å². The van der Waals surface area contributed by atoms with Crippen molar-refractivity contribution in [2.45, 2.75) is 13.5 Å². The number of aromatic nitrogens is 1. The minimum atomic E-state index is -0.545. The van der Waals surface area contributed by atoms with E-state index in [1.807, 2.05) is 0 Å². The number of hydrogen-bond donors (Lipinski definition) is 2. The van der Waals surface area contributed by atoms with Crippen molar-refractivity contribution in [2.75, 3.05) is 43.9 Å². The number of piperazine rings is 1. The summed E-state index contributed by atoms with van der Waals surface area (Å²) in [6, 6.07) is 5.41. The molecule has 150 valence electrons. The van der Waals surface area contributed by atoms with Gasteiger partial charge in [-0.05, 0) is 30.7 Å². The number of hydrogen-bond acceptors (Lipinski definition) is 6. The van der Waals surface area contributed by atoms with Crippen LogP contribution in [0.25, 0.3) is 0 Å². The van der Waals surface area contributed by atoms with Crippen LogP contribution >= 0.6 is 0 Å². The summed E-state index contributed by atoms with van der Waals surface area (Å²) >= 11 is 0. The van der Waals surface area contributed by atoms with Gasteiger partial charge >= 0.3 is 12.1 Å². The fourth-order valence-electron chi connectivity index (χ4n) is 2.99.